The minimum Gasteiger partial charge on any atom is -0.497 e. The number of rotatable bonds is 8. The minimum absolute atomic E-state index is 0.368. The van der Waals surface area contributed by atoms with Crippen LogP contribution < -0.4 is 9.47 Å². The third-order valence-electron chi connectivity index (χ3n) is 5.58. The lowest BCUT2D eigenvalue weighted by Gasteiger charge is -2.30. The van der Waals surface area contributed by atoms with Crippen LogP contribution in [0.3, 0.4) is 0 Å². The fourth-order valence-corrected chi connectivity index (χ4v) is 3.93. The second-order valence-electron chi connectivity index (χ2n) is 7.54. The van der Waals surface area contributed by atoms with E-state index in [9.17, 15) is 4.39 Å². The lowest BCUT2D eigenvalue weighted by atomic mass is 9.97. The molecule has 0 N–H and O–H groups in total. The van der Waals surface area contributed by atoms with Crippen molar-refractivity contribution in [1.82, 2.24) is 0 Å². The highest BCUT2D eigenvalue weighted by atomic mass is 19.1. The molecule has 0 saturated carbocycles. The van der Waals surface area contributed by atoms with Crippen LogP contribution in [-0.2, 0) is 9.47 Å². The van der Waals surface area contributed by atoms with Gasteiger partial charge in [0.2, 0.25) is 0 Å². The standard InChI is InChI=1S/C26H27FO4/c1-28-21-13-11-19(12-14-21)24(18-7-4-3-5-8-18)31-25(26-23(27)15-16-30-26)20-9-6-10-22(17-20)29-2/h3-14,17,23-26H,15-16H2,1-2H3/t23-,24?,25?,26+/m1/s1. The van der Waals surface area contributed by atoms with E-state index >= 15 is 0 Å². The van der Waals surface area contributed by atoms with Gasteiger partial charge < -0.3 is 18.9 Å². The van der Waals surface area contributed by atoms with Crippen molar-refractivity contribution in [2.24, 2.45) is 0 Å². The number of alkyl halides is 1. The van der Waals surface area contributed by atoms with Crippen LogP contribution in [0.1, 0.15) is 35.3 Å². The van der Waals surface area contributed by atoms with Gasteiger partial charge in [-0.15, -0.1) is 0 Å². The molecule has 0 aromatic heterocycles. The zero-order valence-electron chi connectivity index (χ0n) is 17.7. The summed E-state index contributed by atoms with van der Waals surface area (Å²) in [6, 6.07) is 25.2. The Morgan fingerprint density at radius 2 is 1.48 bits per heavy atom. The van der Waals surface area contributed by atoms with Crippen molar-refractivity contribution in [1.29, 1.82) is 0 Å². The molecule has 0 amide bonds. The second kappa shape index (κ2) is 9.94. The quantitative estimate of drug-likeness (QED) is 0.468. The number of halogens is 1. The average molecular weight is 422 g/mol. The van der Waals surface area contributed by atoms with Gasteiger partial charge in [0, 0.05) is 6.42 Å². The van der Waals surface area contributed by atoms with Crippen LogP contribution in [0.4, 0.5) is 4.39 Å². The Bertz CT molecular complexity index is 961. The van der Waals surface area contributed by atoms with Crippen LogP contribution in [0.5, 0.6) is 11.5 Å². The zero-order valence-corrected chi connectivity index (χ0v) is 17.7. The molecule has 0 bridgehead atoms. The topological polar surface area (TPSA) is 36.9 Å². The Balaban J connectivity index is 1.74. The minimum atomic E-state index is -1.09. The summed E-state index contributed by atoms with van der Waals surface area (Å²) in [5.74, 6) is 1.46. The smallest absolute Gasteiger partial charge is 0.131 e. The fraction of sp³-hybridized carbons (Fsp3) is 0.308. The zero-order chi connectivity index (χ0) is 21.6. The fourth-order valence-electron chi connectivity index (χ4n) is 3.93. The van der Waals surface area contributed by atoms with E-state index in [1.807, 2.05) is 78.9 Å². The van der Waals surface area contributed by atoms with E-state index in [1.165, 1.54) is 0 Å². The van der Waals surface area contributed by atoms with Gasteiger partial charge in [-0.25, -0.2) is 4.39 Å². The van der Waals surface area contributed by atoms with Gasteiger partial charge >= 0.3 is 0 Å². The molecule has 162 valence electrons. The molecular formula is C26H27FO4. The Morgan fingerprint density at radius 1 is 0.806 bits per heavy atom. The Kier molecular flexibility index (Phi) is 6.85. The third kappa shape index (κ3) is 4.89. The molecule has 4 rings (SSSR count). The molecule has 4 atom stereocenters. The van der Waals surface area contributed by atoms with Gasteiger partial charge in [0.05, 0.1) is 20.8 Å². The van der Waals surface area contributed by atoms with Crippen molar-refractivity contribution >= 4 is 0 Å². The van der Waals surface area contributed by atoms with Crippen molar-refractivity contribution in [2.75, 3.05) is 20.8 Å². The van der Waals surface area contributed by atoms with E-state index in [2.05, 4.69) is 0 Å². The first-order chi connectivity index (χ1) is 15.2. The van der Waals surface area contributed by atoms with Crippen molar-refractivity contribution in [3.63, 3.8) is 0 Å². The van der Waals surface area contributed by atoms with E-state index in [1.54, 1.807) is 14.2 Å². The van der Waals surface area contributed by atoms with Gasteiger partial charge in [-0.3, -0.25) is 0 Å². The maximum absolute atomic E-state index is 14.8. The van der Waals surface area contributed by atoms with Crippen LogP contribution in [-0.4, -0.2) is 33.1 Å². The maximum atomic E-state index is 14.8. The highest BCUT2D eigenvalue weighted by Crippen LogP contribution is 2.39. The van der Waals surface area contributed by atoms with Crippen molar-refractivity contribution < 1.29 is 23.3 Å². The van der Waals surface area contributed by atoms with E-state index in [-0.39, 0.29) is 0 Å². The van der Waals surface area contributed by atoms with Gasteiger partial charge in [-0.05, 0) is 41.0 Å². The third-order valence-corrected chi connectivity index (χ3v) is 5.58. The average Bonchev–Trinajstić information content (AvgIpc) is 3.26. The molecule has 1 saturated heterocycles. The summed E-state index contributed by atoms with van der Waals surface area (Å²) in [5.41, 5.74) is 2.76. The molecule has 3 aromatic carbocycles. The monoisotopic (exact) mass is 422 g/mol. The summed E-state index contributed by atoms with van der Waals surface area (Å²) in [6.07, 6.45) is -2.41. The summed E-state index contributed by atoms with van der Waals surface area (Å²) < 4.78 is 38.0. The van der Waals surface area contributed by atoms with Gasteiger partial charge in [0.15, 0.2) is 0 Å². The molecule has 3 aromatic rings. The summed E-state index contributed by atoms with van der Waals surface area (Å²) in [7, 11) is 3.25. The molecule has 1 heterocycles. The molecule has 1 aliphatic heterocycles. The van der Waals surface area contributed by atoms with Crippen LogP contribution in [0.2, 0.25) is 0 Å². The van der Waals surface area contributed by atoms with Gasteiger partial charge in [-0.1, -0.05) is 54.6 Å². The van der Waals surface area contributed by atoms with E-state index in [0.29, 0.717) is 18.8 Å². The van der Waals surface area contributed by atoms with Crippen molar-refractivity contribution in [3.05, 3.63) is 95.6 Å². The van der Waals surface area contributed by atoms with Crippen LogP contribution in [0.25, 0.3) is 0 Å². The number of hydrogen-bond donors (Lipinski definition) is 0. The molecule has 5 heteroatoms. The molecule has 2 unspecified atom stereocenters. The molecule has 0 radical (unpaired) electrons. The highest BCUT2D eigenvalue weighted by Gasteiger charge is 2.38. The van der Waals surface area contributed by atoms with Crippen molar-refractivity contribution in [3.8, 4) is 11.5 Å². The molecular weight excluding hydrogens is 395 g/mol. The van der Waals surface area contributed by atoms with Gasteiger partial charge in [0.1, 0.15) is 36.0 Å². The summed E-state index contributed by atoms with van der Waals surface area (Å²) in [6.45, 7) is 0.383. The predicted molar refractivity (Wildman–Crippen MR) is 117 cm³/mol. The number of hydrogen-bond acceptors (Lipinski definition) is 4. The van der Waals surface area contributed by atoms with Gasteiger partial charge in [-0.2, -0.15) is 0 Å². The van der Waals surface area contributed by atoms with Crippen LogP contribution in [0, 0.1) is 0 Å². The summed E-state index contributed by atoms with van der Waals surface area (Å²) in [5, 5.41) is 0. The summed E-state index contributed by atoms with van der Waals surface area (Å²) in [4.78, 5) is 0. The molecule has 1 fully saturated rings. The molecule has 1 aliphatic rings. The Morgan fingerprint density at radius 3 is 2.13 bits per heavy atom. The molecule has 4 nitrogen and oxygen atoms in total. The maximum Gasteiger partial charge on any atom is 0.131 e. The van der Waals surface area contributed by atoms with Crippen LogP contribution >= 0.6 is 0 Å². The van der Waals surface area contributed by atoms with E-state index < -0.39 is 24.5 Å². The summed E-state index contributed by atoms with van der Waals surface area (Å²) >= 11 is 0. The van der Waals surface area contributed by atoms with Gasteiger partial charge in [0.25, 0.3) is 0 Å². The Hall–Kier alpha value is -2.89. The van der Waals surface area contributed by atoms with Crippen molar-refractivity contribution in [2.45, 2.75) is 30.9 Å². The van der Waals surface area contributed by atoms with E-state index in [0.717, 1.165) is 22.4 Å². The molecule has 0 spiro atoms. The normalized spacial score (nSPS) is 20.2. The number of ether oxygens (including phenoxy) is 4. The number of methoxy groups -OCH3 is 2. The first kappa shape index (κ1) is 21.3. The largest absolute Gasteiger partial charge is 0.497 e. The Labute approximate surface area is 182 Å². The predicted octanol–water partition coefficient (Wildman–Crippen LogP) is 5.68. The first-order valence-corrected chi connectivity index (χ1v) is 10.4. The van der Waals surface area contributed by atoms with Crippen LogP contribution in [0.15, 0.2) is 78.9 Å². The highest BCUT2D eigenvalue weighted by molar-refractivity contribution is 5.35. The lowest BCUT2D eigenvalue weighted by Crippen LogP contribution is -2.29. The molecule has 0 aliphatic carbocycles. The first-order valence-electron chi connectivity index (χ1n) is 10.4. The van der Waals surface area contributed by atoms with E-state index in [4.69, 9.17) is 18.9 Å². The second-order valence-corrected chi connectivity index (χ2v) is 7.54. The SMILES string of the molecule is COc1ccc(C(OC(c2cccc(OC)c2)[C@H]2OCC[C@H]2F)c2ccccc2)cc1. The number of benzene rings is 3. The molecule has 31 heavy (non-hydrogen) atoms. The lowest BCUT2D eigenvalue weighted by molar-refractivity contribution is -0.0907.